The predicted molar refractivity (Wildman–Crippen MR) is 121 cm³/mol. The lowest BCUT2D eigenvalue weighted by atomic mass is 9.85. The maximum absolute atomic E-state index is 14.0. The van der Waals surface area contributed by atoms with Gasteiger partial charge in [-0.1, -0.05) is 72.8 Å². The number of hydrogen-bond donors (Lipinski definition) is 2. The number of pyridine rings is 1. The molecule has 0 spiro atoms. The highest BCUT2D eigenvalue weighted by molar-refractivity contribution is 5.96. The molecule has 1 atom stereocenters. The van der Waals surface area contributed by atoms with Gasteiger partial charge in [-0.05, 0) is 34.9 Å². The SMILES string of the molecule is NC(C(=O)Nc1ccc(-c2ccncc2F)cc1)C(c1ccccc1)c1ccccc1. The van der Waals surface area contributed by atoms with E-state index in [1.807, 2.05) is 60.7 Å². The van der Waals surface area contributed by atoms with Crippen LogP contribution in [0.1, 0.15) is 17.0 Å². The van der Waals surface area contributed by atoms with Crippen molar-refractivity contribution in [3.8, 4) is 11.1 Å². The van der Waals surface area contributed by atoms with Crippen LogP contribution in [-0.4, -0.2) is 16.9 Å². The Bertz CT molecular complexity index is 1110. The molecule has 0 aliphatic heterocycles. The molecule has 4 rings (SSSR count). The Morgan fingerprint density at radius 1 is 0.839 bits per heavy atom. The van der Waals surface area contributed by atoms with Crippen molar-refractivity contribution in [3.05, 3.63) is 120 Å². The Morgan fingerprint density at radius 3 is 1.97 bits per heavy atom. The number of aromatic nitrogens is 1. The van der Waals surface area contributed by atoms with Crippen LogP contribution in [0.2, 0.25) is 0 Å². The van der Waals surface area contributed by atoms with Crippen LogP contribution in [0.3, 0.4) is 0 Å². The fourth-order valence-electron chi connectivity index (χ4n) is 3.65. The van der Waals surface area contributed by atoms with Crippen molar-refractivity contribution in [3.63, 3.8) is 0 Å². The Hall–Kier alpha value is -3.83. The van der Waals surface area contributed by atoms with Crippen LogP contribution in [0.4, 0.5) is 10.1 Å². The van der Waals surface area contributed by atoms with E-state index in [0.717, 1.165) is 11.1 Å². The van der Waals surface area contributed by atoms with E-state index in [2.05, 4.69) is 10.3 Å². The van der Waals surface area contributed by atoms with Gasteiger partial charge in [-0.25, -0.2) is 4.39 Å². The predicted octanol–water partition coefficient (Wildman–Crippen LogP) is 4.99. The van der Waals surface area contributed by atoms with E-state index in [9.17, 15) is 9.18 Å². The molecule has 4 aromatic rings. The molecule has 0 fully saturated rings. The van der Waals surface area contributed by atoms with Crippen molar-refractivity contribution in [1.29, 1.82) is 0 Å². The molecular weight excluding hydrogens is 389 g/mol. The summed E-state index contributed by atoms with van der Waals surface area (Å²) in [6, 6.07) is 27.3. The number of amides is 1. The number of rotatable bonds is 6. The number of nitrogens with zero attached hydrogens (tertiary/aromatic N) is 1. The average Bonchev–Trinajstić information content (AvgIpc) is 2.81. The van der Waals surface area contributed by atoms with Crippen molar-refractivity contribution >= 4 is 11.6 Å². The van der Waals surface area contributed by atoms with Crippen LogP contribution >= 0.6 is 0 Å². The molecule has 1 unspecified atom stereocenters. The van der Waals surface area contributed by atoms with Gasteiger partial charge < -0.3 is 11.1 Å². The summed E-state index contributed by atoms with van der Waals surface area (Å²) in [4.78, 5) is 16.8. The number of benzene rings is 3. The van der Waals surface area contributed by atoms with E-state index in [0.29, 0.717) is 16.8 Å². The van der Waals surface area contributed by atoms with Gasteiger partial charge in [0.25, 0.3) is 0 Å². The van der Waals surface area contributed by atoms with Crippen molar-refractivity contribution in [2.45, 2.75) is 12.0 Å². The summed E-state index contributed by atoms with van der Waals surface area (Å²) in [6.07, 6.45) is 2.72. The normalized spacial score (nSPS) is 11.8. The molecule has 1 amide bonds. The van der Waals surface area contributed by atoms with Gasteiger partial charge in [0, 0.05) is 23.4 Å². The second kappa shape index (κ2) is 9.32. The van der Waals surface area contributed by atoms with E-state index in [-0.39, 0.29) is 11.8 Å². The Balaban J connectivity index is 1.55. The number of nitrogens with two attached hydrogens (primary N) is 1. The van der Waals surface area contributed by atoms with Gasteiger partial charge in [0.1, 0.15) is 5.82 Å². The van der Waals surface area contributed by atoms with Crippen LogP contribution in [0, 0.1) is 5.82 Å². The number of halogens is 1. The third-order valence-corrected chi connectivity index (χ3v) is 5.22. The van der Waals surface area contributed by atoms with E-state index < -0.39 is 11.9 Å². The smallest absolute Gasteiger partial charge is 0.242 e. The first-order valence-electron chi connectivity index (χ1n) is 10.00. The third-order valence-electron chi connectivity index (χ3n) is 5.22. The highest BCUT2D eigenvalue weighted by Crippen LogP contribution is 2.28. The first-order chi connectivity index (χ1) is 15.1. The lowest BCUT2D eigenvalue weighted by Gasteiger charge is -2.24. The van der Waals surface area contributed by atoms with E-state index in [4.69, 9.17) is 5.73 Å². The summed E-state index contributed by atoms with van der Waals surface area (Å²) >= 11 is 0. The van der Waals surface area contributed by atoms with Crippen molar-refractivity contribution in [2.75, 3.05) is 5.32 Å². The monoisotopic (exact) mass is 411 g/mol. The van der Waals surface area contributed by atoms with Crippen LogP contribution in [0.15, 0.2) is 103 Å². The molecule has 31 heavy (non-hydrogen) atoms. The molecule has 3 aromatic carbocycles. The fourth-order valence-corrected chi connectivity index (χ4v) is 3.65. The van der Waals surface area contributed by atoms with Gasteiger partial charge in [-0.3, -0.25) is 9.78 Å². The van der Waals surface area contributed by atoms with Crippen LogP contribution in [-0.2, 0) is 4.79 Å². The van der Waals surface area contributed by atoms with Crippen molar-refractivity contribution in [2.24, 2.45) is 5.73 Å². The molecule has 0 saturated carbocycles. The standard InChI is InChI=1S/C26H22FN3O/c27-23-17-29-16-15-22(23)18-11-13-21(14-12-18)30-26(31)25(28)24(19-7-3-1-4-8-19)20-9-5-2-6-10-20/h1-17,24-25H,28H2,(H,30,31). The Morgan fingerprint density at radius 2 is 1.42 bits per heavy atom. The minimum absolute atomic E-state index is 0.285. The third kappa shape index (κ3) is 4.68. The largest absolute Gasteiger partial charge is 0.325 e. The summed E-state index contributed by atoms with van der Waals surface area (Å²) < 4.78 is 14.0. The molecule has 0 saturated heterocycles. The van der Waals surface area contributed by atoms with Gasteiger partial charge in [0.2, 0.25) is 5.91 Å². The highest BCUT2D eigenvalue weighted by atomic mass is 19.1. The zero-order valence-electron chi connectivity index (χ0n) is 16.8. The molecule has 5 heteroatoms. The van der Waals surface area contributed by atoms with E-state index >= 15 is 0 Å². The van der Waals surface area contributed by atoms with E-state index in [1.54, 1.807) is 36.5 Å². The molecule has 0 aliphatic rings. The summed E-state index contributed by atoms with van der Waals surface area (Å²) in [7, 11) is 0. The minimum Gasteiger partial charge on any atom is -0.325 e. The number of hydrogen-bond acceptors (Lipinski definition) is 3. The zero-order valence-corrected chi connectivity index (χ0v) is 16.8. The lowest BCUT2D eigenvalue weighted by Crippen LogP contribution is -2.41. The molecule has 1 aromatic heterocycles. The van der Waals surface area contributed by atoms with Crippen LogP contribution < -0.4 is 11.1 Å². The number of carbonyl (C=O) groups is 1. The first kappa shape index (κ1) is 20.4. The molecule has 4 nitrogen and oxygen atoms in total. The molecule has 154 valence electrons. The summed E-state index contributed by atoms with van der Waals surface area (Å²) in [6.45, 7) is 0. The van der Waals surface area contributed by atoms with Gasteiger partial charge in [0.05, 0.1) is 12.2 Å². The molecule has 0 bridgehead atoms. The fraction of sp³-hybridized carbons (Fsp3) is 0.0769. The topological polar surface area (TPSA) is 68.0 Å². The van der Waals surface area contributed by atoms with Gasteiger partial charge in [-0.2, -0.15) is 0 Å². The van der Waals surface area contributed by atoms with Crippen molar-refractivity contribution in [1.82, 2.24) is 4.98 Å². The highest BCUT2D eigenvalue weighted by Gasteiger charge is 2.27. The maximum Gasteiger partial charge on any atom is 0.242 e. The zero-order chi connectivity index (χ0) is 21.6. The molecule has 0 radical (unpaired) electrons. The van der Waals surface area contributed by atoms with Crippen molar-refractivity contribution < 1.29 is 9.18 Å². The van der Waals surface area contributed by atoms with Gasteiger partial charge >= 0.3 is 0 Å². The Kier molecular flexibility index (Phi) is 6.15. The lowest BCUT2D eigenvalue weighted by molar-refractivity contribution is -0.117. The molecule has 3 N–H and O–H groups in total. The summed E-state index contributed by atoms with van der Waals surface area (Å²) in [5, 5.41) is 2.88. The number of carbonyl (C=O) groups excluding carboxylic acids is 1. The van der Waals surface area contributed by atoms with Gasteiger partial charge in [0.15, 0.2) is 0 Å². The average molecular weight is 411 g/mol. The quantitative estimate of drug-likeness (QED) is 0.470. The maximum atomic E-state index is 14.0. The molecule has 1 heterocycles. The minimum atomic E-state index is -0.790. The summed E-state index contributed by atoms with van der Waals surface area (Å²) in [5.41, 5.74) is 10.1. The molecular formula is C26H22FN3O. The van der Waals surface area contributed by atoms with E-state index in [1.165, 1.54) is 6.20 Å². The first-order valence-corrected chi connectivity index (χ1v) is 10.00. The van der Waals surface area contributed by atoms with Crippen LogP contribution in [0.5, 0.6) is 0 Å². The Labute approximate surface area is 180 Å². The summed E-state index contributed by atoms with van der Waals surface area (Å²) in [5.74, 6) is -0.969. The number of anilines is 1. The second-order valence-electron chi connectivity index (χ2n) is 7.25. The molecule has 0 aliphatic carbocycles. The van der Waals surface area contributed by atoms with Crippen LogP contribution in [0.25, 0.3) is 11.1 Å². The van der Waals surface area contributed by atoms with Gasteiger partial charge in [-0.15, -0.1) is 0 Å². The number of nitrogens with one attached hydrogen (secondary N) is 1. The second-order valence-corrected chi connectivity index (χ2v) is 7.25.